The van der Waals surface area contributed by atoms with Crippen LogP contribution in [0, 0.1) is 13.8 Å². The second kappa shape index (κ2) is 8.60. The third kappa shape index (κ3) is 4.78. The Bertz CT molecular complexity index is 742. The lowest BCUT2D eigenvalue weighted by Crippen LogP contribution is -2.22. The van der Waals surface area contributed by atoms with Gasteiger partial charge >= 0.3 is 0 Å². The van der Waals surface area contributed by atoms with Crippen LogP contribution in [-0.4, -0.2) is 29.5 Å². The molecule has 1 aromatic heterocycles. The van der Waals surface area contributed by atoms with Gasteiger partial charge in [0.1, 0.15) is 17.3 Å². The highest BCUT2D eigenvalue weighted by Crippen LogP contribution is 2.22. The zero-order chi connectivity index (χ0) is 18.4. The number of nitrogens with zero attached hydrogens (tertiary/aromatic N) is 3. The third-order valence-electron chi connectivity index (χ3n) is 4.27. The first-order chi connectivity index (χ1) is 12.0. The molecule has 0 aliphatic carbocycles. The van der Waals surface area contributed by atoms with Gasteiger partial charge < -0.3 is 10.2 Å². The highest BCUT2D eigenvalue weighted by molar-refractivity contribution is 6.04. The van der Waals surface area contributed by atoms with Crippen molar-refractivity contribution in [3.63, 3.8) is 0 Å². The summed E-state index contributed by atoms with van der Waals surface area (Å²) in [6.07, 6.45) is 3.07. The Morgan fingerprint density at radius 3 is 2.64 bits per heavy atom. The zero-order valence-electron chi connectivity index (χ0n) is 15.9. The van der Waals surface area contributed by atoms with Crippen LogP contribution < -0.4 is 10.2 Å². The summed E-state index contributed by atoms with van der Waals surface area (Å²) >= 11 is 0. The highest BCUT2D eigenvalue weighted by Gasteiger charge is 2.15. The molecule has 1 N–H and O–H groups in total. The Labute approximate surface area is 150 Å². The largest absolute Gasteiger partial charge is 0.360 e. The lowest BCUT2D eigenvalue weighted by atomic mass is 10.1. The van der Waals surface area contributed by atoms with E-state index in [1.165, 1.54) is 0 Å². The first-order valence-corrected chi connectivity index (χ1v) is 8.92. The fourth-order valence-corrected chi connectivity index (χ4v) is 2.75. The van der Waals surface area contributed by atoms with Crippen LogP contribution in [0.4, 0.5) is 11.5 Å². The summed E-state index contributed by atoms with van der Waals surface area (Å²) in [5.74, 6) is 1.19. The number of anilines is 2. The Hall–Kier alpha value is -2.43. The topological polar surface area (TPSA) is 58.1 Å². The van der Waals surface area contributed by atoms with Crippen LogP contribution in [0.2, 0.25) is 0 Å². The van der Waals surface area contributed by atoms with E-state index < -0.39 is 0 Å². The Balaban J connectivity index is 2.27. The van der Waals surface area contributed by atoms with Crippen LogP contribution in [-0.2, 0) is 6.42 Å². The van der Waals surface area contributed by atoms with Crippen LogP contribution >= 0.6 is 0 Å². The van der Waals surface area contributed by atoms with Crippen molar-refractivity contribution in [3.05, 3.63) is 46.9 Å². The van der Waals surface area contributed by atoms with E-state index >= 15 is 0 Å². The van der Waals surface area contributed by atoms with Gasteiger partial charge in [-0.05, 0) is 37.8 Å². The summed E-state index contributed by atoms with van der Waals surface area (Å²) in [5.41, 5.74) is 3.46. The molecule has 0 aliphatic rings. The molecule has 0 aliphatic heterocycles. The minimum Gasteiger partial charge on any atom is -0.360 e. The molecule has 0 saturated heterocycles. The quantitative estimate of drug-likeness (QED) is 0.823. The number of hydrogen-bond donors (Lipinski definition) is 1. The van der Waals surface area contributed by atoms with Crippen molar-refractivity contribution < 1.29 is 4.79 Å². The predicted octanol–water partition coefficient (Wildman–Crippen LogP) is 4.14. The van der Waals surface area contributed by atoms with Gasteiger partial charge in [0.15, 0.2) is 0 Å². The van der Waals surface area contributed by atoms with Gasteiger partial charge in [-0.3, -0.25) is 4.79 Å². The van der Waals surface area contributed by atoms with Gasteiger partial charge in [-0.15, -0.1) is 0 Å². The molecule has 0 unspecified atom stereocenters. The van der Waals surface area contributed by atoms with Gasteiger partial charge in [0, 0.05) is 25.3 Å². The summed E-state index contributed by atoms with van der Waals surface area (Å²) in [7, 11) is 2.00. The first kappa shape index (κ1) is 18.9. The predicted molar refractivity (Wildman–Crippen MR) is 103 cm³/mol. The van der Waals surface area contributed by atoms with Gasteiger partial charge in [0.05, 0.1) is 0 Å². The van der Waals surface area contributed by atoms with Crippen LogP contribution in [0.25, 0.3) is 0 Å². The molecule has 25 heavy (non-hydrogen) atoms. The maximum atomic E-state index is 12.8. The maximum Gasteiger partial charge on any atom is 0.274 e. The number of hydrogen-bond acceptors (Lipinski definition) is 4. The molecule has 5 heteroatoms. The number of para-hydroxylation sites is 1. The average Bonchev–Trinajstić information content (AvgIpc) is 2.60. The van der Waals surface area contributed by atoms with E-state index in [0.29, 0.717) is 11.5 Å². The van der Waals surface area contributed by atoms with Gasteiger partial charge in [0.2, 0.25) is 0 Å². The van der Waals surface area contributed by atoms with E-state index in [2.05, 4.69) is 34.0 Å². The third-order valence-corrected chi connectivity index (χ3v) is 4.27. The second-order valence-electron chi connectivity index (χ2n) is 6.35. The fourth-order valence-electron chi connectivity index (χ4n) is 2.75. The van der Waals surface area contributed by atoms with Crippen molar-refractivity contribution >= 4 is 17.4 Å². The van der Waals surface area contributed by atoms with E-state index in [1.807, 2.05) is 39.1 Å². The summed E-state index contributed by atoms with van der Waals surface area (Å²) < 4.78 is 0. The molecule has 2 rings (SSSR count). The number of unbranched alkanes of at least 4 members (excludes halogenated alkanes) is 1. The smallest absolute Gasteiger partial charge is 0.274 e. The molecule has 0 fully saturated rings. The number of carbonyl (C=O) groups is 1. The molecular formula is C20H28N4O. The van der Waals surface area contributed by atoms with Crippen molar-refractivity contribution in [2.45, 2.75) is 47.0 Å². The van der Waals surface area contributed by atoms with E-state index in [0.717, 1.165) is 48.4 Å². The standard InChI is InChI=1S/C20H28N4O/c1-6-8-12-24(5)18-13-17(21-15(4)22-18)20(25)23-19-14(3)10-9-11-16(19)7-2/h9-11,13H,6-8,12H2,1-5H3,(H,23,25). The van der Waals surface area contributed by atoms with Crippen molar-refractivity contribution in [1.82, 2.24) is 9.97 Å². The Morgan fingerprint density at radius 1 is 1.20 bits per heavy atom. The molecule has 0 radical (unpaired) electrons. The van der Waals surface area contributed by atoms with E-state index in [4.69, 9.17) is 0 Å². The minimum atomic E-state index is -0.195. The number of aromatic nitrogens is 2. The maximum absolute atomic E-state index is 12.8. The van der Waals surface area contributed by atoms with Crippen molar-refractivity contribution in [2.24, 2.45) is 0 Å². The minimum absolute atomic E-state index is 0.195. The Kier molecular flexibility index (Phi) is 6.51. The van der Waals surface area contributed by atoms with Gasteiger partial charge in [-0.1, -0.05) is 38.5 Å². The normalized spacial score (nSPS) is 10.6. The van der Waals surface area contributed by atoms with Gasteiger partial charge in [-0.2, -0.15) is 0 Å². The molecule has 0 atom stereocenters. The monoisotopic (exact) mass is 340 g/mol. The molecular weight excluding hydrogens is 312 g/mol. The van der Waals surface area contributed by atoms with Crippen molar-refractivity contribution in [2.75, 3.05) is 23.8 Å². The van der Waals surface area contributed by atoms with Crippen LogP contribution in [0.3, 0.4) is 0 Å². The lowest BCUT2D eigenvalue weighted by Gasteiger charge is -2.19. The van der Waals surface area contributed by atoms with Gasteiger partial charge in [-0.25, -0.2) is 9.97 Å². The summed E-state index contributed by atoms with van der Waals surface area (Å²) in [5, 5.41) is 3.03. The average molecular weight is 340 g/mol. The number of aryl methyl sites for hydroxylation is 3. The molecule has 134 valence electrons. The van der Waals surface area contributed by atoms with E-state index in [9.17, 15) is 4.79 Å². The number of amides is 1. The SMILES string of the molecule is CCCCN(C)c1cc(C(=O)Nc2c(C)cccc2CC)nc(C)n1. The molecule has 1 heterocycles. The molecule has 2 aromatic rings. The molecule has 1 amide bonds. The van der Waals surface area contributed by atoms with Crippen LogP contribution in [0.1, 0.15) is 54.1 Å². The summed E-state index contributed by atoms with van der Waals surface area (Å²) in [4.78, 5) is 23.6. The van der Waals surface area contributed by atoms with Gasteiger partial charge in [0.25, 0.3) is 5.91 Å². The van der Waals surface area contributed by atoms with Crippen LogP contribution in [0.5, 0.6) is 0 Å². The lowest BCUT2D eigenvalue weighted by molar-refractivity contribution is 0.102. The zero-order valence-corrected chi connectivity index (χ0v) is 15.9. The van der Waals surface area contributed by atoms with Crippen molar-refractivity contribution in [1.29, 1.82) is 0 Å². The summed E-state index contributed by atoms with van der Waals surface area (Å²) in [6, 6.07) is 7.82. The number of nitrogens with one attached hydrogen (secondary N) is 1. The Morgan fingerprint density at radius 2 is 1.96 bits per heavy atom. The second-order valence-corrected chi connectivity index (χ2v) is 6.35. The molecule has 5 nitrogen and oxygen atoms in total. The number of benzene rings is 1. The summed E-state index contributed by atoms with van der Waals surface area (Å²) in [6.45, 7) is 8.97. The number of carbonyl (C=O) groups excluding carboxylic acids is 1. The fraction of sp³-hybridized carbons (Fsp3) is 0.450. The van der Waals surface area contributed by atoms with E-state index in [-0.39, 0.29) is 5.91 Å². The van der Waals surface area contributed by atoms with Crippen LogP contribution in [0.15, 0.2) is 24.3 Å². The number of rotatable bonds is 7. The molecule has 1 aromatic carbocycles. The van der Waals surface area contributed by atoms with Crippen molar-refractivity contribution in [3.8, 4) is 0 Å². The first-order valence-electron chi connectivity index (χ1n) is 8.92. The molecule has 0 bridgehead atoms. The highest BCUT2D eigenvalue weighted by atomic mass is 16.1. The molecule has 0 spiro atoms. The molecule has 0 saturated carbocycles. The van der Waals surface area contributed by atoms with E-state index in [1.54, 1.807) is 6.07 Å².